The molecule has 0 bridgehead atoms. The Bertz CT molecular complexity index is 2080. The van der Waals surface area contributed by atoms with Gasteiger partial charge in [0.25, 0.3) is 0 Å². The molecule has 12 nitrogen and oxygen atoms in total. The molecule has 2 unspecified atom stereocenters. The first kappa shape index (κ1) is 39.1. The summed E-state index contributed by atoms with van der Waals surface area (Å²) in [7, 11) is 6.05. The SMILES string of the molecule is COc1ccc2[nH]c3c(c2c1)CCCC3NC(=O)CC(c1cc(OC)c(OC)c(OC)c1)c1c(O)cc2c(c1O)C(=O)O[C@@H](C)CCCC(=O)CCC/C=C/2. The first-order valence-corrected chi connectivity index (χ1v) is 18.8. The predicted octanol–water partition coefficient (Wildman–Crippen LogP) is 7.81. The number of fused-ring (bicyclic) bond motifs is 4. The van der Waals surface area contributed by atoms with Crippen molar-refractivity contribution < 1.29 is 48.3 Å². The smallest absolute Gasteiger partial charge is 0.342 e. The molecule has 1 aliphatic carbocycles. The number of hydrogen-bond donors (Lipinski definition) is 4. The van der Waals surface area contributed by atoms with Crippen LogP contribution in [0.2, 0.25) is 0 Å². The zero-order valence-corrected chi connectivity index (χ0v) is 32.1. The van der Waals surface area contributed by atoms with Crippen molar-refractivity contribution in [3.8, 4) is 34.5 Å². The maximum atomic E-state index is 14.3. The summed E-state index contributed by atoms with van der Waals surface area (Å²) in [5, 5.41) is 28.1. The number of aromatic nitrogens is 1. The molecule has 55 heavy (non-hydrogen) atoms. The lowest BCUT2D eigenvalue weighted by Gasteiger charge is -2.27. The lowest BCUT2D eigenvalue weighted by molar-refractivity contribution is -0.122. The van der Waals surface area contributed by atoms with Crippen molar-refractivity contribution in [1.29, 1.82) is 0 Å². The average molecular weight is 755 g/mol. The molecule has 0 fully saturated rings. The standard InChI is InChI=1S/C43H50N2O10/c1-24-11-9-14-27(46)13-8-6-7-12-25-19-34(47)39(41(49)38(25)43(50)55-24)30(26-20-35(52-3)42(54-5)36(21-26)53-4)23-37(48)44-33-16-10-15-29-31-22-28(51-2)17-18-32(31)45-40(29)33/h7,12,17-22,24,30,33,45,47,49H,6,8-11,13-16,23H2,1-5H3,(H,44,48)/b12-7+/t24-,30?,33?/m0/s1. The first-order chi connectivity index (χ1) is 26.6. The van der Waals surface area contributed by atoms with Crippen molar-refractivity contribution in [2.45, 2.75) is 89.2 Å². The van der Waals surface area contributed by atoms with E-state index in [0.29, 0.717) is 67.8 Å². The Labute approximate surface area is 320 Å². The number of aryl methyl sites for hydroxylation is 1. The summed E-state index contributed by atoms with van der Waals surface area (Å²) < 4.78 is 28.1. The molecular weight excluding hydrogens is 704 g/mol. The maximum Gasteiger partial charge on any atom is 0.342 e. The largest absolute Gasteiger partial charge is 0.507 e. The van der Waals surface area contributed by atoms with Crippen molar-refractivity contribution in [2.75, 3.05) is 28.4 Å². The maximum absolute atomic E-state index is 14.3. The number of ketones is 1. The molecule has 1 aliphatic heterocycles. The summed E-state index contributed by atoms with van der Waals surface area (Å²) in [4.78, 5) is 43.9. The third kappa shape index (κ3) is 8.38. The van der Waals surface area contributed by atoms with E-state index in [1.807, 2.05) is 18.2 Å². The van der Waals surface area contributed by atoms with Crippen molar-refractivity contribution >= 4 is 34.6 Å². The number of phenolic OH excluding ortho intramolecular Hbond substituents is 2. The quantitative estimate of drug-likeness (QED) is 0.124. The van der Waals surface area contributed by atoms with E-state index in [4.69, 9.17) is 23.7 Å². The van der Waals surface area contributed by atoms with E-state index in [0.717, 1.165) is 40.8 Å². The normalized spacial score (nSPS) is 18.9. The predicted molar refractivity (Wildman–Crippen MR) is 208 cm³/mol. The summed E-state index contributed by atoms with van der Waals surface area (Å²) in [5.41, 5.74) is 3.54. The number of esters is 1. The number of aromatic hydroxyl groups is 2. The Morgan fingerprint density at radius 2 is 1.65 bits per heavy atom. The van der Waals surface area contributed by atoms with Gasteiger partial charge in [-0.25, -0.2) is 4.79 Å². The number of ether oxygens (including phenoxy) is 5. The van der Waals surface area contributed by atoms with Gasteiger partial charge in [0, 0.05) is 47.3 Å². The van der Waals surface area contributed by atoms with Crippen molar-refractivity contribution in [3.63, 3.8) is 0 Å². The van der Waals surface area contributed by atoms with E-state index < -0.39 is 23.7 Å². The van der Waals surface area contributed by atoms with Crippen LogP contribution >= 0.6 is 0 Å². The van der Waals surface area contributed by atoms with Crippen LogP contribution in [0.25, 0.3) is 17.0 Å². The molecule has 0 saturated carbocycles. The minimum Gasteiger partial charge on any atom is -0.507 e. The van der Waals surface area contributed by atoms with Gasteiger partial charge in [-0.3, -0.25) is 9.59 Å². The van der Waals surface area contributed by atoms with Crippen molar-refractivity contribution in [3.05, 3.63) is 76.0 Å². The number of carbonyl (C=O) groups excluding carboxylic acids is 3. The van der Waals surface area contributed by atoms with E-state index in [9.17, 15) is 24.6 Å². The number of H-pyrrole nitrogens is 1. The van der Waals surface area contributed by atoms with Crippen LogP contribution in [0.1, 0.15) is 115 Å². The molecule has 4 aromatic rings. The number of benzene rings is 3. The Morgan fingerprint density at radius 1 is 0.927 bits per heavy atom. The lowest BCUT2D eigenvalue weighted by Crippen LogP contribution is -2.32. The second kappa shape index (κ2) is 17.2. The Kier molecular flexibility index (Phi) is 12.2. The molecule has 292 valence electrons. The molecule has 3 aromatic carbocycles. The van der Waals surface area contributed by atoms with Gasteiger partial charge in [-0.15, -0.1) is 0 Å². The van der Waals surface area contributed by atoms with Crippen LogP contribution in [0.5, 0.6) is 34.5 Å². The molecule has 1 aromatic heterocycles. The van der Waals surface area contributed by atoms with Crippen LogP contribution in [-0.2, 0) is 20.7 Å². The Hall–Kier alpha value is -5.65. The number of rotatable bonds is 9. The minimum absolute atomic E-state index is 0.0325. The Balaban J connectivity index is 1.43. The summed E-state index contributed by atoms with van der Waals surface area (Å²) >= 11 is 0. The van der Waals surface area contributed by atoms with Gasteiger partial charge < -0.3 is 44.2 Å². The van der Waals surface area contributed by atoms with Crippen molar-refractivity contribution in [1.82, 2.24) is 10.3 Å². The molecule has 0 spiro atoms. The number of aromatic amines is 1. The third-order valence-electron chi connectivity index (χ3n) is 10.6. The molecule has 2 aliphatic rings. The van der Waals surface area contributed by atoms with E-state index in [1.54, 1.807) is 38.3 Å². The number of cyclic esters (lactones) is 1. The van der Waals surface area contributed by atoms with Gasteiger partial charge in [-0.05, 0) is 105 Å². The van der Waals surface area contributed by atoms with Gasteiger partial charge in [0.2, 0.25) is 11.7 Å². The van der Waals surface area contributed by atoms with Gasteiger partial charge in [-0.2, -0.15) is 0 Å². The van der Waals surface area contributed by atoms with Gasteiger partial charge in [0.1, 0.15) is 28.6 Å². The monoisotopic (exact) mass is 754 g/mol. The van der Waals surface area contributed by atoms with Crippen LogP contribution in [0.4, 0.5) is 0 Å². The van der Waals surface area contributed by atoms with Crippen LogP contribution < -0.4 is 24.3 Å². The zero-order chi connectivity index (χ0) is 39.2. The van der Waals surface area contributed by atoms with E-state index in [-0.39, 0.29) is 46.6 Å². The highest BCUT2D eigenvalue weighted by atomic mass is 16.5. The highest BCUT2D eigenvalue weighted by Gasteiger charge is 2.34. The Morgan fingerprint density at radius 3 is 2.36 bits per heavy atom. The average Bonchev–Trinajstić information content (AvgIpc) is 3.55. The van der Waals surface area contributed by atoms with E-state index >= 15 is 0 Å². The molecule has 4 N–H and O–H groups in total. The molecule has 1 amide bonds. The highest BCUT2D eigenvalue weighted by molar-refractivity contribution is 5.98. The van der Waals surface area contributed by atoms with Gasteiger partial charge in [0.05, 0.1) is 40.6 Å². The summed E-state index contributed by atoms with van der Waals surface area (Å²) in [6.45, 7) is 1.74. The molecule has 0 radical (unpaired) electrons. The van der Waals surface area contributed by atoms with E-state index in [2.05, 4.69) is 10.3 Å². The number of Topliss-reactive ketones (excluding diaryl/α,β-unsaturated/α-hetero) is 1. The molecule has 6 rings (SSSR count). The number of nitrogens with one attached hydrogen (secondary N) is 2. The summed E-state index contributed by atoms with van der Waals surface area (Å²) in [6.07, 6.45) is 8.15. The molecule has 2 heterocycles. The van der Waals surface area contributed by atoms with Gasteiger partial charge in [0.15, 0.2) is 11.5 Å². The van der Waals surface area contributed by atoms with Gasteiger partial charge >= 0.3 is 5.97 Å². The highest BCUT2D eigenvalue weighted by Crippen LogP contribution is 2.48. The summed E-state index contributed by atoms with van der Waals surface area (Å²) in [6, 6.07) is 10.3. The van der Waals surface area contributed by atoms with Crippen molar-refractivity contribution in [2.24, 2.45) is 0 Å². The van der Waals surface area contributed by atoms with Crippen LogP contribution in [0.15, 0.2) is 42.5 Å². The second-order valence-corrected chi connectivity index (χ2v) is 14.2. The number of amides is 1. The zero-order valence-electron chi connectivity index (χ0n) is 32.1. The van der Waals surface area contributed by atoms with Crippen LogP contribution in [0.3, 0.4) is 0 Å². The molecular formula is C43H50N2O10. The third-order valence-corrected chi connectivity index (χ3v) is 10.6. The van der Waals surface area contributed by atoms with Crippen LogP contribution in [0, 0.1) is 0 Å². The number of carbonyl (C=O) groups is 3. The van der Waals surface area contributed by atoms with Gasteiger partial charge in [-0.1, -0.05) is 12.2 Å². The van der Waals surface area contributed by atoms with E-state index in [1.165, 1.54) is 27.4 Å². The number of methoxy groups -OCH3 is 4. The molecule has 3 atom stereocenters. The molecule has 12 heteroatoms. The second-order valence-electron chi connectivity index (χ2n) is 14.2. The number of phenols is 2. The number of hydrogen-bond acceptors (Lipinski definition) is 10. The van der Waals surface area contributed by atoms with Crippen LogP contribution in [-0.4, -0.2) is 67.4 Å². The topological polar surface area (TPSA) is 166 Å². The lowest BCUT2D eigenvalue weighted by atomic mass is 9.84. The molecule has 0 saturated heterocycles. The summed E-state index contributed by atoms with van der Waals surface area (Å²) in [5.74, 6) is -1.12. The fourth-order valence-electron chi connectivity index (χ4n) is 7.86. The minimum atomic E-state index is -0.998. The fourth-order valence-corrected chi connectivity index (χ4v) is 7.86. The first-order valence-electron chi connectivity index (χ1n) is 18.8. The fraction of sp³-hybridized carbons (Fsp3) is 0.419. The number of allylic oxidation sites excluding steroid dienone is 1.